The van der Waals surface area contributed by atoms with Crippen molar-refractivity contribution in [3.8, 4) is 16.9 Å². The number of aldehydes is 1. The van der Waals surface area contributed by atoms with E-state index in [1.807, 2.05) is 0 Å². The number of nitrogen functional groups attached to an aromatic ring is 1. The van der Waals surface area contributed by atoms with Crippen LogP contribution in [0.25, 0.3) is 11.1 Å². The van der Waals surface area contributed by atoms with Crippen LogP contribution in [0, 0.1) is 0 Å². The molecule has 0 aliphatic carbocycles. The van der Waals surface area contributed by atoms with E-state index in [0.717, 1.165) is 0 Å². The number of nitrogens with two attached hydrogens (primary N) is 1. The molecule has 4 N–H and O–H groups in total. The quantitative estimate of drug-likeness (QED) is 0.639. The van der Waals surface area contributed by atoms with Crippen LogP contribution in [0.5, 0.6) is 5.75 Å². The maximum Gasteiger partial charge on any atom is 0.150 e. The van der Waals surface area contributed by atoms with Crippen LogP contribution in [-0.2, 0) is 0 Å². The summed E-state index contributed by atoms with van der Waals surface area (Å²) < 4.78 is 0. The minimum absolute atomic E-state index is 0.0444. The molecule has 2 rings (SSSR count). The summed E-state index contributed by atoms with van der Waals surface area (Å²) >= 11 is 0. The minimum atomic E-state index is 0.0444. The third-order valence-electron chi connectivity index (χ3n) is 2.12. The molecule has 0 saturated carbocycles. The highest BCUT2D eigenvalue weighted by molar-refractivity contribution is 5.90. The van der Waals surface area contributed by atoms with Gasteiger partial charge in [-0.05, 0) is 23.8 Å². The lowest BCUT2D eigenvalue weighted by molar-refractivity contribution is 0.112. The van der Waals surface area contributed by atoms with Crippen LogP contribution in [0.2, 0.25) is 0 Å². The first-order chi connectivity index (χ1) is 7.22. The Kier molecular flexibility index (Phi) is 2.13. The van der Waals surface area contributed by atoms with E-state index in [1.54, 1.807) is 6.07 Å². The number of phenolic OH excluding ortho intramolecular Hbond substituents is 1. The summed E-state index contributed by atoms with van der Waals surface area (Å²) in [6.45, 7) is 0. The average molecular weight is 203 g/mol. The number of hydrogen-bond donors (Lipinski definition) is 3. The van der Waals surface area contributed by atoms with Gasteiger partial charge in [-0.3, -0.25) is 9.89 Å². The van der Waals surface area contributed by atoms with Gasteiger partial charge < -0.3 is 10.8 Å². The van der Waals surface area contributed by atoms with E-state index >= 15 is 0 Å². The Morgan fingerprint density at radius 2 is 2.20 bits per heavy atom. The molecule has 0 unspecified atom stereocenters. The Bertz CT molecular complexity index is 505. The summed E-state index contributed by atoms with van der Waals surface area (Å²) in [6.07, 6.45) is 2.20. The Labute approximate surface area is 85.5 Å². The van der Waals surface area contributed by atoms with Gasteiger partial charge in [-0.1, -0.05) is 0 Å². The van der Waals surface area contributed by atoms with Gasteiger partial charge in [-0.15, -0.1) is 0 Å². The number of carbonyl (C=O) groups excluding carboxylic acids is 1. The Morgan fingerprint density at radius 3 is 2.80 bits per heavy atom. The molecule has 5 heteroatoms. The molecule has 5 nitrogen and oxygen atoms in total. The lowest BCUT2D eigenvalue weighted by atomic mass is 10.0. The largest absolute Gasteiger partial charge is 0.508 e. The van der Waals surface area contributed by atoms with E-state index in [1.165, 1.54) is 18.3 Å². The van der Waals surface area contributed by atoms with Crippen LogP contribution in [-0.4, -0.2) is 21.6 Å². The zero-order valence-electron chi connectivity index (χ0n) is 7.77. The standard InChI is InChI=1S/C10H9N3O2/c11-10-9(4-12-13-10)8-2-1-7(15)3-6(8)5-14/h1-5,15H,(H3,11,12,13). The molecule has 0 radical (unpaired) electrons. The van der Waals surface area contributed by atoms with Crippen LogP contribution >= 0.6 is 0 Å². The third kappa shape index (κ3) is 1.54. The van der Waals surface area contributed by atoms with Gasteiger partial charge in [0.1, 0.15) is 11.6 Å². The highest BCUT2D eigenvalue weighted by Gasteiger charge is 2.09. The second-order valence-electron chi connectivity index (χ2n) is 3.09. The van der Waals surface area contributed by atoms with Gasteiger partial charge in [0.25, 0.3) is 0 Å². The number of phenols is 1. The second kappa shape index (κ2) is 3.45. The number of aromatic amines is 1. The molecule has 1 aromatic carbocycles. The fourth-order valence-electron chi connectivity index (χ4n) is 1.40. The number of anilines is 1. The number of nitrogens with one attached hydrogen (secondary N) is 1. The molecular weight excluding hydrogens is 194 g/mol. The Balaban J connectivity index is 2.63. The minimum Gasteiger partial charge on any atom is -0.508 e. The normalized spacial score (nSPS) is 10.1. The molecule has 0 aliphatic rings. The molecule has 0 amide bonds. The SMILES string of the molecule is Nc1[nH]ncc1-c1ccc(O)cc1C=O. The maximum atomic E-state index is 10.8. The predicted molar refractivity (Wildman–Crippen MR) is 55.5 cm³/mol. The van der Waals surface area contributed by atoms with E-state index < -0.39 is 0 Å². The summed E-state index contributed by atoms with van der Waals surface area (Å²) in [5.74, 6) is 0.437. The molecule has 0 atom stereocenters. The molecule has 1 heterocycles. The number of aromatic nitrogens is 2. The number of aromatic hydroxyl groups is 1. The van der Waals surface area contributed by atoms with Crippen molar-refractivity contribution in [3.63, 3.8) is 0 Å². The van der Waals surface area contributed by atoms with Gasteiger partial charge in [0.2, 0.25) is 0 Å². The van der Waals surface area contributed by atoms with Gasteiger partial charge in [0.05, 0.1) is 6.20 Å². The highest BCUT2D eigenvalue weighted by Crippen LogP contribution is 2.28. The van der Waals surface area contributed by atoms with Crippen molar-refractivity contribution in [3.05, 3.63) is 30.0 Å². The molecule has 1 aromatic heterocycles. The van der Waals surface area contributed by atoms with Crippen LogP contribution in [0.3, 0.4) is 0 Å². The monoisotopic (exact) mass is 203 g/mol. The summed E-state index contributed by atoms with van der Waals surface area (Å²) in [4.78, 5) is 10.8. The van der Waals surface area contributed by atoms with Crippen LogP contribution < -0.4 is 5.73 Å². The highest BCUT2D eigenvalue weighted by atomic mass is 16.3. The topological polar surface area (TPSA) is 92.0 Å². The Morgan fingerprint density at radius 1 is 1.40 bits per heavy atom. The molecule has 15 heavy (non-hydrogen) atoms. The van der Waals surface area contributed by atoms with Crippen molar-refractivity contribution in [1.82, 2.24) is 10.2 Å². The molecule has 0 saturated heterocycles. The first kappa shape index (κ1) is 9.26. The van der Waals surface area contributed by atoms with Crippen molar-refractivity contribution >= 4 is 12.1 Å². The molecule has 76 valence electrons. The fraction of sp³-hybridized carbons (Fsp3) is 0. The van der Waals surface area contributed by atoms with Crippen molar-refractivity contribution in [2.75, 3.05) is 5.73 Å². The first-order valence-electron chi connectivity index (χ1n) is 4.30. The fourth-order valence-corrected chi connectivity index (χ4v) is 1.40. The smallest absolute Gasteiger partial charge is 0.150 e. The number of hydrogen-bond acceptors (Lipinski definition) is 4. The lowest BCUT2D eigenvalue weighted by Gasteiger charge is -2.03. The van der Waals surface area contributed by atoms with Crippen LogP contribution in [0.4, 0.5) is 5.82 Å². The molecule has 0 bridgehead atoms. The molecular formula is C10H9N3O2. The van der Waals surface area contributed by atoms with E-state index in [2.05, 4.69) is 10.2 Å². The Hall–Kier alpha value is -2.30. The number of H-pyrrole nitrogens is 1. The molecule has 0 aliphatic heterocycles. The van der Waals surface area contributed by atoms with Crippen molar-refractivity contribution < 1.29 is 9.90 Å². The maximum absolute atomic E-state index is 10.8. The van der Waals surface area contributed by atoms with Gasteiger partial charge in [0.15, 0.2) is 6.29 Å². The third-order valence-corrected chi connectivity index (χ3v) is 2.12. The first-order valence-corrected chi connectivity index (χ1v) is 4.30. The zero-order valence-corrected chi connectivity index (χ0v) is 7.77. The van der Waals surface area contributed by atoms with Crippen molar-refractivity contribution in [2.45, 2.75) is 0 Å². The van der Waals surface area contributed by atoms with Crippen molar-refractivity contribution in [2.24, 2.45) is 0 Å². The number of carbonyl (C=O) groups is 1. The summed E-state index contributed by atoms with van der Waals surface area (Å²) in [5, 5.41) is 15.6. The molecule has 2 aromatic rings. The average Bonchev–Trinajstić information content (AvgIpc) is 2.64. The van der Waals surface area contributed by atoms with Gasteiger partial charge in [0, 0.05) is 11.1 Å². The van der Waals surface area contributed by atoms with E-state index in [9.17, 15) is 9.90 Å². The van der Waals surface area contributed by atoms with Gasteiger partial charge in [-0.25, -0.2) is 0 Å². The van der Waals surface area contributed by atoms with Crippen LogP contribution in [0.15, 0.2) is 24.4 Å². The lowest BCUT2D eigenvalue weighted by Crippen LogP contribution is -1.91. The summed E-state index contributed by atoms with van der Waals surface area (Å²) in [5.41, 5.74) is 7.31. The van der Waals surface area contributed by atoms with E-state index in [0.29, 0.717) is 28.8 Å². The second-order valence-corrected chi connectivity index (χ2v) is 3.09. The van der Waals surface area contributed by atoms with Gasteiger partial charge >= 0.3 is 0 Å². The summed E-state index contributed by atoms with van der Waals surface area (Å²) in [6, 6.07) is 4.50. The summed E-state index contributed by atoms with van der Waals surface area (Å²) in [7, 11) is 0. The number of rotatable bonds is 2. The zero-order chi connectivity index (χ0) is 10.8. The van der Waals surface area contributed by atoms with Crippen LogP contribution in [0.1, 0.15) is 10.4 Å². The van der Waals surface area contributed by atoms with Crippen molar-refractivity contribution in [1.29, 1.82) is 0 Å². The number of benzene rings is 1. The molecule has 0 fully saturated rings. The molecule has 0 spiro atoms. The number of nitrogens with zero attached hydrogens (tertiary/aromatic N) is 1. The predicted octanol–water partition coefficient (Wildman–Crippen LogP) is 1.18. The van der Waals surface area contributed by atoms with Gasteiger partial charge in [-0.2, -0.15) is 5.10 Å². The van der Waals surface area contributed by atoms with E-state index in [-0.39, 0.29) is 5.75 Å². The van der Waals surface area contributed by atoms with E-state index in [4.69, 9.17) is 5.73 Å².